The Balaban J connectivity index is 6.09. The maximum Gasteiger partial charge on any atom is 0.401 e. The summed E-state index contributed by atoms with van der Waals surface area (Å²) in [6.45, 7) is 0.972. The Bertz CT molecular complexity index is 1380. The lowest BCUT2D eigenvalue weighted by atomic mass is 9.82. The molecule has 0 aliphatic rings. The SMILES string of the molecule is CCC(CCC(CCC(CCC(CCC(CCC(CCC(CCC(CCC(C(=O)F)C(F)(F)F)C(F)(F)F)C(F)(F)F)C(F)(F)F)C(F)(F)F)C(F)(F)F)C(F)(F)F)C(F)(F)F)C(F)(F)F. The summed E-state index contributed by atoms with van der Waals surface area (Å²) < 4.78 is 379. The smallest absolute Gasteiger partial charge is 0.260 e. The highest BCUT2D eigenvalue weighted by molar-refractivity contribution is 5.71. The first-order chi connectivity index (χ1) is 29.2. The Hall–Kier alpha value is -2.29. The summed E-state index contributed by atoms with van der Waals surface area (Å²) >= 11 is 0. The van der Waals surface area contributed by atoms with Crippen molar-refractivity contribution < 1.29 is 128 Å². The van der Waals surface area contributed by atoms with E-state index in [1.165, 1.54) is 0 Å². The van der Waals surface area contributed by atoms with Crippen LogP contribution in [0.1, 0.15) is 116 Å². The van der Waals surface area contributed by atoms with Crippen molar-refractivity contribution in [1.29, 1.82) is 0 Å². The molecule has 0 radical (unpaired) electrons. The quantitative estimate of drug-likeness (QED) is 0.0623. The van der Waals surface area contributed by atoms with Crippen LogP contribution in [0.3, 0.4) is 0 Å². The summed E-state index contributed by atoms with van der Waals surface area (Å²) in [4.78, 5) is 10.6. The van der Waals surface area contributed by atoms with Crippen molar-refractivity contribution >= 4 is 6.04 Å². The van der Waals surface area contributed by atoms with E-state index in [4.69, 9.17) is 0 Å². The number of rotatable bonds is 26. The van der Waals surface area contributed by atoms with E-state index < -0.39 is 224 Å². The van der Waals surface area contributed by atoms with Gasteiger partial charge in [-0.2, -0.15) is 123 Å². The van der Waals surface area contributed by atoms with Crippen LogP contribution >= 0.6 is 0 Å². The molecule has 0 bridgehead atoms. The van der Waals surface area contributed by atoms with Crippen LogP contribution in [0.15, 0.2) is 0 Å². The molecule has 9 unspecified atom stereocenters. The Labute approximate surface area is 359 Å². The summed E-state index contributed by atoms with van der Waals surface area (Å²) in [6.07, 6.45) is -77.0. The second-order valence-corrected chi connectivity index (χ2v) is 16.3. The van der Waals surface area contributed by atoms with Crippen molar-refractivity contribution in [3.63, 3.8) is 0 Å². The van der Waals surface area contributed by atoms with Crippen molar-refractivity contribution in [3.8, 4) is 0 Å². The molecule has 0 saturated heterocycles. The molecular weight excluding hydrogens is 992 g/mol. The van der Waals surface area contributed by atoms with Gasteiger partial charge in [-0.3, -0.25) is 4.79 Å². The van der Waals surface area contributed by atoms with Crippen LogP contribution in [-0.4, -0.2) is 61.6 Å². The molecule has 0 N–H and O–H groups in total. The van der Waals surface area contributed by atoms with E-state index in [0.717, 1.165) is 6.92 Å². The molecular formula is C37H46F28O. The zero-order chi connectivity index (χ0) is 52.3. The van der Waals surface area contributed by atoms with Gasteiger partial charge in [0.2, 0.25) is 0 Å². The van der Waals surface area contributed by atoms with Gasteiger partial charge in [-0.05, 0) is 109 Å². The average molecular weight is 1040 g/mol. The number of carbonyl (C=O) groups excluding carboxylic acids is 1. The third-order valence-electron chi connectivity index (χ3n) is 11.7. The Morgan fingerprint density at radius 2 is 0.394 bits per heavy atom. The third-order valence-corrected chi connectivity index (χ3v) is 11.7. The fraction of sp³-hybridized carbons (Fsp3) is 0.973. The second kappa shape index (κ2) is 24.5. The number of carbonyl (C=O) groups is 1. The third kappa shape index (κ3) is 23.8. The molecule has 0 spiro atoms. The fourth-order valence-corrected chi connectivity index (χ4v) is 7.49. The highest BCUT2D eigenvalue weighted by atomic mass is 19.4. The number of alkyl halides is 27. The fourth-order valence-electron chi connectivity index (χ4n) is 7.49. The van der Waals surface area contributed by atoms with Gasteiger partial charge in [-0.1, -0.05) is 6.92 Å². The monoisotopic (exact) mass is 1040 g/mol. The lowest BCUT2D eigenvalue weighted by Gasteiger charge is -2.30. The average Bonchev–Trinajstić information content (AvgIpc) is 3.05. The van der Waals surface area contributed by atoms with Crippen molar-refractivity contribution in [2.45, 2.75) is 172 Å². The van der Waals surface area contributed by atoms with E-state index in [2.05, 4.69) is 0 Å². The normalized spacial score (nSPS) is 18.6. The van der Waals surface area contributed by atoms with Crippen molar-refractivity contribution in [3.05, 3.63) is 0 Å². The second-order valence-electron chi connectivity index (χ2n) is 16.3. The van der Waals surface area contributed by atoms with Gasteiger partial charge in [0.15, 0.2) is 0 Å². The zero-order valence-electron chi connectivity index (χ0n) is 34.2. The van der Waals surface area contributed by atoms with E-state index in [1.54, 1.807) is 0 Å². The minimum atomic E-state index is -5.71. The molecule has 0 heterocycles. The standard InChI is InChI=1S/C37H46F28O/c1-2-19(29(39,40)41)3-4-20(30(42,43)44)5-6-21(31(45,46)47)7-8-22(32(48,49)50)9-10-23(33(51,52)53)11-12-24(34(54,55)56)13-14-25(35(57,58)59)15-16-26(36(60,61)62)17-18-27(28(38)66)37(63,64)65/h19-27H,2-18H2,1H3. The number of hydrogen-bond acceptors (Lipinski definition) is 1. The largest absolute Gasteiger partial charge is 0.401 e. The Morgan fingerprint density at radius 3 is 0.500 bits per heavy atom. The predicted octanol–water partition coefficient (Wildman–Crippen LogP) is 17.7. The van der Waals surface area contributed by atoms with Crippen molar-refractivity contribution in [1.82, 2.24) is 0 Å². The zero-order valence-corrected chi connectivity index (χ0v) is 34.2. The maximum atomic E-state index is 13.9. The summed E-state index contributed by atoms with van der Waals surface area (Å²) in [5.74, 6) is -27.2. The molecule has 0 fully saturated rings. The first-order valence-electron chi connectivity index (χ1n) is 20.0. The van der Waals surface area contributed by atoms with Gasteiger partial charge >= 0.3 is 61.6 Å². The predicted molar refractivity (Wildman–Crippen MR) is 176 cm³/mol. The summed E-state index contributed by atoms with van der Waals surface area (Å²) in [5.41, 5.74) is 0. The van der Waals surface area contributed by atoms with Crippen LogP contribution in [-0.2, 0) is 4.79 Å². The Kier molecular flexibility index (Phi) is 23.7. The maximum absolute atomic E-state index is 13.9. The molecule has 9 atom stereocenters. The topological polar surface area (TPSA) is 17.1 Å². The molecule has 1 nitrogen and oxygen atoms in total. The molecule has 396 valence electrons. The van der Waals surface area contributed by atoms with Crippen LogP contribution in [0.4, 0.5) is 123 Å². The van der Waals surface area contributed by atoms with Gasteiger partial charge in [0.25, 0.3) is 0 Å². The highest BCUT2D eigenvalue weighted by Crippen LogP contribution is 2.47. The summed E-state index contributed by atoms with van der Waals surface area (Å²) in [5, 5.41) is 0. The van der Waals surface area contributed by atoms with Gasteiger partial charge in [0.1, 0.15) is 5.92 Å². The molecule has 0 saturated carbocycles. The molecule has 0 aromatic carbocycles. The molecule has 0 amide bonds. The highest BCUT2D eigenvalue weighted by Gasteiger charge is 2.51. The first kappa shape index (κ1) is 63.7. The van der Waals surface area contributed by atoms with Crippen LogP contribution in [0, 0.1) is 53.3 Å². The lowest BCUT2D eigenvalue weighted by molar-refractivity contribution is -0.211. The number of halogens is 28. The van der Waals surface area contributed by atoms with Gasteiger partial charge in [-0.25, -0.2) is 0 Å². The van der Waals surface area contributed by atoms with Crippen molar-refractivity contribution in [2.24, 2.45) is 53.3 Å². The molecule has 29 heteroatoms. The van der Waals surface area contributed by atoms with E-state index in [1.807, 2.05) is 0 Å². The molecule has 0 aromatic heterocycles. The van der Waals surface area contributed by atoms with Gasteiger partial charge in [-0.15, -0.1) is 0 Å². The van der Waals surface area contributed by atoms with Crippen LogP contribution in [0.2, 0.25) is 0 Å². The lowest BCUT2D eigenvalue weighted by Crippen LogP contribution is -2.33. The van der Waals surface area contributed by atoms with Gasteiger partial charge in [0.05, 0.1) is 47.3 Å². The van der Waals surface area contributed by atoms with E-state index in [0.29, 0.717) is 0 Å². The number of hydrogen-bond donors (Lipinski definition) is 0. The van der Waals surface area contributed by atoms with Crippen LogP contribution in [0.5, 0.6) is 0 Å². The summed E-state index contributed by atoms with van der Waals surface area (Å²) in [6, 6.07) is -3.12. The minimum Gasteiger partial charge on any atom is -0.260 e. The van der Waals surface area contributed by atoms with Gasteiger partial charge in [0, 0.05) is 0 Å². The van der Waals surface area contributed by atoms with E-state index in [9.17, 15) is 128 Å². The molecule has 0 aromatic rings. The molecule has 0 aliphatic carbocycles. The molecule has 0 rings (SSSR count). The van der Waals surface area contributed by atoms with E-state index in [-0.39, 0.29) is 0 Å². The Morgan fingerprint density at radius 1 is 0.258 bits per heavy atom. The summed E-state index contributed by atoms with van der Waals surface area (Å²) in [7, 11) is 0. The first-order valence-corrected chi connectivity index (χ1v) is 20.0. The van der Waals surface area contributed by atoms with Crippen LogP contribution in [0.25, 0.3) is 0 Å². The molecule has 66 heavy (non-hydrogen) atoms. The van der Waals surface area contributed by atoms with Crippen LogP contribution < -0.4 is 0 Å². The molecule has 0 aliphatic heterocycles. The van der Waals surface area contributed by atoms with Crippen molar-refractivity contribution in [2.75, 3.05) is 0 Å². The van der Waals surface area contributed by atoms with Gasteiger partial charge < -0.3 is 0 Å². The van der Waals surface area contributed by atoms with E-state index >= 15 is 0 Å². The minimum absolute atomic E-state index is 0.697.